The van der Waals surface area contributed by atoms with Gasteiger partial charge in [0.15, 0.2) is 0 Å². The van der Waals surface area contributed by atoms with Crippen molar-refractivity contribution >= 4 is 5.97 Å². The average Bonchev–Trinajstić information content (AvgIpc) is 2.34. The highest BCUT2D eigenvalue weighted by Crippen LogP contribution is 2.27. The molecule has 0 atom stereocenters. The standard InChI is InChI=1S/C13H24O3/c1-3-4-5-10-16-12-8-6-11(7-9-12)13(14)15-2/h11-12H,3-10H2,1-2H3. The monoisotopic (exact) mass is 228 g/mol. The van der Waals surface area contributed by atoms with E-state index in [9.17, 15) is 4.79 Å². The Balaban J connectivity index is 2.10. The zero-order valence-electron chi connectivity index (χ0n) is 10.5. The molecular weight excluding hydrogens is 204 g/mol. The van der Waals surface area contributed by atoms with Crippen LogP contribution < -0.4 is 0 Å². The number of unbranched alkanes of at least 4 members (excludes halogenated alkanes) is 2. The number of hydrogen-bond acceptors (Lipinski definition) is 3. The Morgan fingerprint density at radius 3 is 2.44 bits per heavy atom. The molecule has 0 aromatic heterocycles. The van der Waals surface area contributed by atoms with Crippen molar-refractivity contribution < 1.29 is 14.3 Å². The number of ether oxygens (including phenoxy) is 2. The third kappa shape index (κ3) is 4.52. The lowest BCUT2D eigenvalue weighted by molar-refractivity contribution is -0.147. The molecule has 94 valence electrons. The van der Waals surface area contributed by atoms with Crippen molar-refractivity contribution in [2.45, 2.75) is 58.0 Å². The van der Waals surface area contributed by atoms with Crippen LogP contribution in [0.1, 0.15) is 51.9 Å². The summed E-state index contributed by atoms with van der Waals surface area (Å²) in [6.45, 7) is 3.07. The third-order valence-electron chi connectivity index (χ3n) is 3.31. The molecule has 0 unspecified atom stereocenters. The van der Waals surface area contributed by atoms with Crippen molar-refractivity contribution in [1.82, 2.24) is 0 Å². The molecule has 0 bridgehead atoms. The smallest absolute Gasteiger partial charge is 0.308 e. The van der Waals surface area contributed by atoms with Gasteiger partial charge in [0.25, 0.3) is 0 Å². The molecule has 1 aliphatic rings. The van der Waals surface area contributed by atoms with Crippen LogP contribution >= 0.6 is 0 Å². The maximum atomic E-state index is 11.3. The molecule has 1 aliphatic carbocycles. The minimum atomic E-state index is -0.0515. The first-order valence-electron chi connectivity index (χ1n) is 6.47. The van der Waals surface area contributed by atoms with Crippen LogP contribution in [0, 0.1) is 5.92 Å². The van der Waals surface area contributed by atoms with E-state index in [-0.39, 0.29) is 11.9 Å². The molecule has 0 aliphatic heterocycles. The second kappa shape index (κ2) is 7.66. The summed E-state index contributed by atoms with van der Waals surface area (Å²) in [4.78, 5) is 11.3. The van der Waals surface area contributed by atoms with E-state index in [0.29, 0.717) is 6.10 Å². The van der Waals surface area contributed by atoms with Crippen molar-refractivity contribution in [3.63, 3.8) is 0 Å². The number of carbonyl (C=O) groups is 1. The van der Waals surface area contributed by atoms with Crippen molar-refractivity contribution in [1.29, 1.82) is 0 Å². The number of carbonyl (C=O) groups excluding carboxylic acids is 1. The molecule has 0 saturated heterocycles. The fraction of sp³-hybridized carbons (Fsp3) is 0.923. The van der Waals surface area contributed by atoms with Crippen molar-refractivity contribution in [3.8, 4) is 0 Å². The molecule has 0 aromatic carbocycles. The predicted molar refractivity (Wildman–Crippen MR) is 63.2 cm³/mol. The zero-order chi connectivity index (χ0) is 11.8. The van der Waals surface area contributed by atoms with Gasteiger partial charge >= 0.3 is 5.97 Å². The van der Waals surface area contributed by atoms with E-state index in [4.69, 9.17) is 9.47 Å². The summed E-state index contributed by atoms with van der Waals surface area (Å²) >= 11 is 0. The molecule has 1 fully saturated rings. The molecule has 3 heteroatoms. The van der Waals surface area contributed by atoms with Crippen molar-refractivity contribution in [2.75, 3.05) is 13.7 Å². The number of esters is 1. The van der Waals surface area contributed by atoms with E-state index in [0.717, 1.165) is 38.7 Å². The van der Waals surface area contributed by atoms with Gasteiger partial charge < -0.3 is 9.47 Å². The first-order valence-corrected chi connectivity index (χ1v) is 6.47. The second-order valence-corrected chi connectivity index (χ2v) is 4.57. The maximum Gasteiger partial charge on any atom is 0.308 e. The Morgan fingerprint density at radius 2 is 1.88 bits per heavy atom. The SMILES string of the molecule is CCCCCOC1CCC(C(=O)OC)CC1. The summed E-state index contributed by atoms with van der Waals surface area (Å²) in [7, 11) is 1.47. The Morgan fingerprint density at radius 1 is 1.19 bits per heavy atom. The molecule has 16 heavy (non-hydrogen) atoms. The van der Waals surface area contributed by atoms with Gasteiger partial charge in [-0.3, -0.25) is 4.79 Å². The Labute approximate surface area is 98.5 Å². The Bertz CT molecular complexity index is 195. The predicted octanol–water partition coefficient (Wildman–Crippen LogP) is 2.93. The van der Waals surface area contributed by atoms with Gasteiger partial charge in [-0.05, 0) is 32.1 Å². The van der Waals surface area contributed by atoms with E-state index in [2.05, 4.69) is 6.92 Å². The molecular formula is C13H24O3. The Hall–Kier alpha value is -0.570. The quantitative estimate of drug-likeness (QED) is 0.518. The highest BCUT2D eigenvalue weighted by molar-refractivity contribution is 5.72. The molecule has 1 rings (SSSR count). The average molecular weight is 228 g/mol. The first-order chi connectivity index (χ1) is 7.77. The van der Waals surface area contributed by atoms with Gasteiger partial charge in [-0.25, -0.2) is 0 Å². The number of hydrogen-bond donors (Lipinski definition) is 0. The summed E-state index contributed by atoms with van der Waals surface area (Å²) in [5.41, 5.74) is 0. The van der Waals surface area contributed by atoms with Gasteiger partial charge in [-0.15, -0.1) is 0 Å². The van der Waals surface area contributed by atoms with E-state index in [1.54, 1.807) is 0 Å². The minimum absolute atomic E-state index is 0.0515. The molecule has 0 aromatic rings. The fourth-order valence-electron chi connectivity index (χ4n) is 2.23. The van der Waals surface area contributed by atoms with Crippen LogP contribution in [0.4, 0.5) is 0 Å². The lowest BCUT2D eigenvalue weighted by Gasteiger charge is -2.26. The van der Waals surface area contributed by atoms with Crippen molar-refractivity contribution in [2.24, 2.45) is 5.92 Å². The Kier molecular flexibility index (Phi) is 6.46. The van der Waals surface area contributed by atoms with Crippen LogP contribution in [0.25, 0.3) is 0 Å². The number of rotatable bonds is 6. The molecule has 0 N–H and O–H groups in total. The molecule has 0 heterocycles. The van der Waals surface area contributed by atoms with Gasteiger partial charge in [-0.2, -0.15) is 0 Å². The lowest BCUT2D eigenvalue weighted by atomic mass is 9.87. The van der Waals surface area contributed by atoms with E-state index < -0.39 is 0 Å². The van der Waals surface area contributed by atoms with Gasteiger partial charge in [0.05, 0.1) is 19.1 Å². The van der Waals surface area contributed by atoms with Gasteiger partial charge in [0.1, 0.15) is 0 Å². The van der Waals surface area contributed by atoms with Crippen LogP contribution in [-0.4, -0.2) is 25.8 Å². The maximum absolute atomic E-state index is 11.3. The van der Waals surface area contributed by atoms with Gasteiger partial charge in [0.2, 0.25) is 0 Å². The highest BCUT2D eigenvalue weighted by atomic mass is 16.5. The molecule has 1 saturated carbocycles. The summed E-state index contributed by atoms with van der Waals surface area (Å²) in [6.07, 6.45) is 7.87. The third-order valence-corrected chi connectivity index (χ3v) is 3.31. The van der Waals surface area contributed by atoms with Crippen LogP contribution in [0.3, 0.4) is 0 Å². The van der Waals surface area contributed by atoms with Crippen LogP contribution in [0.2, 0.25) is 0 Å². The first kappa shape index (κ1) is 13.5. The molecule has 0 spiro atoms. The zero-order valence-corrected chi connectivity index (χ0v) is 10.5. The summed E-state index contributed by atoms with van der Waals surface area (Å²) in [6, 6.07) is 0. The topological polar surface area (TPSA) is 35.5 Å². The van der Waals surface area contributed by atoms with Crippen LogP contribution in [-0.2, 0) is 14.3 Å². The van der Waals surface area contributed by atoms with E-state index in [1.807, 2.05) is 0 Å². The molecule has 0 radical (unpaired) electrons. The lowest BCUT2D eigenvalue weighted by Crippen LogP contribution is -2.27. The molecule has 0 amide bonds. The second-order valence-electron chi connectivity index (χ2n) is 4.57. The summed E-state index contributed by atoms with van der Waals surface area (Å²) in [5, 5.41) is 0. The van der Waals surface area contributed by atoms with Crippen molar-refractivity contribution in [3.05, 3.63) is 0 Å². The van der Waals surface area contributed by atoms with Crippen LogP contribution in [0.15, 0.2) is 0 Å². The molecule has 3 nitrogen and oxygen atoms in total. The number of methoxy groups -OCH3 is 1. The van der Waals surface area contributed by atoms with Gasteiger partial charge in [0, 0.05) is 6.61 Å². The largest absolute Gasteiger partial charge is 0.469 e. The fourth-order valence-corrected chi connectivity index (χ4v) is 2.23. The normalized spacial score (nSPS) is 25.4. The van der Waals surface area contributed by atoms with E-state index >= 15 is 0 Å². The highest BCUT2D eigenvalue weighted by Gasteiger charge is 2.26. The summed E-state index contributed by atoms with van der Waals surface area (Å²) in [5.74, 6) is 0.0601. The minimum Gasteiger partial charge on any atom is -0.469 e. The van der Waals surface area contributed by atoms with Crippen LogP contribution in [0.5, 0.6) is 0 Å². The van der Waals surface area contributed by atoms with E-state index in [1.165, 1.54) is 20.0 Å². The summed E-state index contributed by atoms with van der Waals surface area (Å²) < 4.78 is 10.6. The van der Waals surface area contributed by atoms with Gasteiger partial charge in [-0.1, -0.05) is 19.8 Å².